The number of aromatic nitrogens is 3. The Kier molecular flexibility index (Phi) is 2.57. The minimum atomic E-state index is -1.01. The highest BCUT2D eigenvalue weighted by Gasteiger charge is 2.17. The first-order chi connectivity index (χ1) is 7.59. The van der Waals surface area contributed by atoms with Gasteiger partial charge < -0.3 is 15.2 Å². The van der Waals surface area contributed by atoms with E-state index in [0.29, 0.717) is 5.65 Å². The lowest BCUT2D eigenvalue weighted by molar-refractivity contribution is -0.138. The highest BCUT2D eigenvalue weighted by atomic mass is 16.4. The lowest BCUT2D eigenvalue weighted by atomic mass is 10.1. The molecule has 0 bridgehead atoms. The normalized spacial score (nSPS) is 12.9. The van der Waals surface area contributed by atoms with Gasteiger partial charge >= 0.3 is 5.97 Å². The highest BCUT2D eigenvalue weighted by Crippen LogP contribution is 2.12. The van der Waals surface area contributed by atoms with Gasteiger partial charge in [-0.3, -0.25) is 9.78 Å². The number of carbonyl (C=O) groups is 1. The molecule has 2 aromatic heterocycles. The van der Waals surface area contributed by atoms with Crippen LogP contribution in [0, 0.1) is 6.92 Å². The fourth-order valence-electron chi connectivity index (χ4n) is 1.62. The Hall–Kier alpha value is -1.95. The molecule has 0 saturated heterocycles. The van der Waals surface area contributed by atoms with E-state index < -0.39 is 12.0 Å². The van der Waals surface area contributed by atoms with Crippen molar-refractivity contribution in [1.82, 2.24) is 14.4 Å². The number of fused-ring (bicyclic) bond motifs is 1. The van der Waals surface area contributed by atoms with Crippen LogP contribution in [0.4, 0.5) is 0 Å². The van der Waals surface area contributed by atoms with E-state index in [4.69, 9.17) is 10.8 Å². The molecule has 0 aromatic carbocycles. The second-order valence-electron chi connectivity index (χ2n) is 3.60. The zero-order valence-corrected chi connectivity index (χ0v) is 8.79. The van der Waals surface area contributed by atoms with Gasteiger partial charge in [0.25, 0.3) is 0 Å². The summed E-state index contributed by atoms with van der Waals surface area (Å²) < 4.78 is 1.81. The summed E-state index contributed by atoms with van der Waals surface area (Å²) in [5.74, 6) is -1.01. The third-order valence-corrected chi connectivity index (χ3v) is 2.46. The van der Waals surface area contributed by atoms with E-state index in [0.717, 1.165) is 11.4 Å². The number of hydrogen-bond acceptors (Lipinski definition) is 4. The van der Waals surface area contributed by atoms with Gasteiger partial charge in [0.2, 0.25) is 0 Å². The van der Waals surface area contributed by atoms with Crippen molar-refractivity contribution < 1.29 is 9.90 Å². The van der Waals surface area contributed by atoms with E-state index in [1.165, 1.54) is 0 Å². The van der Waals surface area contributed by atoms with Crippen LogP contribution in [-0.4, -0.2) is 31.5 Å². The first-order valence-electron chi connectivity index (χ1n) is 4.85. The predicted molar refractivity (Wildman–Crippen MR) is 57.0 cm³/mol. The molecule has 0 radical (unpaired) electrons. The van der Waals surface area contributed by atoms with Crippen LogP contribution in [-0.2, 0) is 11.2 Å². The molecule has 2 heterocycles. The Balaban J connectivity index is 2.43. The van der Waals surface area contributed by atoms with Crippen molar-refractivity contribution in [2.45, 2.75) is 19.4 Å². The van der Waals surface area contributed by atoms with Crippen LogP contribution in [0.25, 0.3) is 5.65 Å². The molecule has 0 amide bonds. The number of carboxylic acid groups (broad SMARTS) is 1. The van der Waals surface area contributed by atoms with Crippen LogP contribution in [0.15, 0.2) is 18.6 Å². The number of carboxylic acids is 1. The van der Waals surface area contributed by atoms with Crippen molar-refractivity contribution in [3.8, 4) is 0 Å². The largest absolute Gasteiger partial charge is 0.480 e. The smallest absolute Gasteiger partial charge is 0.320 e. The van der Waals surface area contributed by atoms with Crippen LogP contribution < -0.4 is 5.73 Å². The average Bonchev–Trinajstić information content (AvgIpc) is 2.55. The molecule has 1 atom stereocenters. The Morgan fingerprint density at radius 3 is 3.12 bits per heavy atom. The van der Waals surface area contributed by atoms with Crippen LogP contribution in [0.5, 0.6) is 0 Å². The zero-order valence-electron chi connectivity index (χ0n) is 8.79. The zero-order chi connectivity index (χ0) is 11.7. The Morgan fingerprint density at radius 1 is 1.69 bits per heavy atom. The molecule has 0 aliphatic carbocycles. The number of imidazole rings is 1. The topological polar surface area (TPSA) is 93.5 Å². The number of aryl methyl sites for hydroxylation is 1. The summed E-state index contributed by atoms with van der Waals surface area (Å²) in [7, 11) is 0. The van der Waals surface area contributed by atoms with Crippen molar-refractivity contribution in [1.29, 1.82) is 0 Å². The number of hydrogen-bond donors (Lipinski definition) is 2. The van der Waals surface area contributed by atoms with Gasteiger partial charge in [0.15, 0.2) is 5.65 Å². The van der Waals surface area contributed by atoms with Gasteiger partial charge in [-0.2, -0.15) is 0 Å². The van der Waals surface area contributed by atoms with Crippen LogP contribution >= 0.6 is 0 Å². The highest BCUT2D eigenvalue weighted by molar-refractivity contribution is 5.73. The lowest BCUT2D eigenvalue weighted by Crippen LogP contribution is -2.32. The molecule has 84 valence electrons. The quantitative estimate of drug-likeness (QED) is 0.758. The first-order valence-corrected chi connectivity index (χ1v) is 4.85. The third kappa shape index (κ3) is 1.74. The maximum atomic E-state index is 10.7. The standard InChI is InChI=1S/C10H12N4O2/c1-6-8(4-7(11)10(15)16)14-3-2-12-5-9(14)13-6/h2-3,5,7H,4,11H2,1H3,(H,15,16). The molecule has 6 nitrogen and oxygen atoms in total. The van der Waals surface area contributed by atoms with Gasteiger partial charge in [-0.25, -0.2) is 4.98 Å². The van der Waals surface area contributed by atoms with Gasteiger partial charge in [-0.1, -0.05) is 0 Å². The monoisotopic (exact) mass is 220 g/mol. The number of nitrogens with zero attached hydrogens (tertiary/aromatic N) is 3. The fourth-order valence-corrected chi connectivity index (χ4v) is 1.62. The Labute approximate surface area is 91.7 Å². The molecule has 16 heavy (non-hydrogen) atoms. The number of aliphatic carboxylic acids is 1. The Morgan fingerprint density at radius 2 is 2.44 bits per heavy atom. The SMILES string of the molecule is Cc1nc2cnccn2c1CC(N)C(=O)O. The van der Waals surface area contributed by atoms with E-state index in [1.807, 2.05) is 11.3 Å². The summed E-state index contributed by atoms with van der Waals surface area (Å²) in [5, 5.41) is 8.78. The molecule has 0 spiro atoms. The first kappa shape index (κ1) is 10.6. The Bertz CT molecular complexity index is 535. The van der Waals surface area contributed by atoms with Gasteiger partial charge in [0.05, 0.1) is 11.9 Å². The van der Waals surface area contributed by atoms with Crippen molar-refractivity contribution in [2.24, 2.45) is 5.73 Å². The summed E-state index contributed by atoms with van der Waals surface area (Å²) in [5.41, 5.74) is 7.81. The molecule has 0 fully saturated rings. The maximum Gasteiger partial charge on any atom is 0.320 e. The van der Waals surface area contributed by atoms with E-state index in [-0.39, 0.29) is 6.42 Å². The van der Waals surface area contributed by atoms with Crippen molar-refractivity contribution >= 4 is 11.6 Å². The maximum absolute atomic E-state index is 10.7. The minimum absolute atomic E-state index is 0.256. The fraction of sp³-hybridized carbons (Fsp3) is 0.300. The van der Waals surface area contributed by atoms with Crippen LogP contribution in [0.3, 0.4) is 0 Å². The minimum Gasteiger partial charge on any atom is -0.480 e. The number of rotatable bonds is 3. The molecular weight excluding hydrogens is 208 g/mol. The third-order valence-electron chi connectivity index (χ3n) is 2.46. The van der Waals surface area contributed by atoms with Gasteiger partial charge in [0, 0.05) is 24.5 Å². The molecule has 0 aliphatic heterocycles. The number of nitrogens with two attached hydrogens (primary N) is 1. The molecule has 2 rings (SSSR count). The second-order valence-corrected chi connectivity index (χ2v) is 3.60. The second kappa shape index (κ2) is 3.90. The van der Waals surface area contributed by atoms with Gasteiger partial charge in [-0.15, -0.1) is 0 Å². The van der Waals surface area contributed by atoms with Crippen molar-refractivity contribution in [3.63, 3.8) is 0 Å². The van der Waals surface area contributed by atoms with Gasteiger partial charge in [-0.05, 0) is 6.92 Å². The van der Waals surface area contributed by atoms with Crippen molar-refractivity contribution in [2.75, 3.05) is 0 Å². The lowest BCUT2D eigenvalue weighted by Gasteiger charge is -2.06. The summed E-state index contributed by atoms with van der Waals surface area (Å²) >= 11 is 0. The van der Waals surface area contributed by atoms with Crippen LogP contribution in [0.2, 0.25) is 0 Å². The molecule has 0 saturated carbocycles. The van der Waals surface area contributed by atoms with E-state index in [9.17, 15) is 4.79 Å². The average molecular weight is 220 g/mol. The molecule has 3 N–H and O–H groups in total. The molecule has 2 aromatic rings. The van der Waals surface area contributed by atoms with Gasteiger partial charge in [0.1, 0.15) is 6.04 Å². The molecular formula is C10H12N4O2. The summed E-state index contributed by atoms with van der Waals surface area (Å²) in [6, 6.07) is -0.910. The summed E-state index contributed by atoms with van der Waals surface area (Å²) in [6.07, 6.45) is 5.26. The molecule has 6 heteroatoms. The molecule has 1 unspecified atom stereocenters. The summed E-state index contributed by atoms with van der Waals surface area (Å²) in [6.45, 7) is 1.83. The molecule has 0 aliphatic rings. The van der Waals surface area contributed by atoms with E-state index >= 15 is 0 Å². The van der Waals surface area contributed by atoms with Crippen molar-refractivity contribution in [3.05, 3.63) is 30.0 Å². The van der Waals surface area contributed by atoms with E-state index in [2.05, 4.69) is 9.97 Å². The summed E-state index contributed by atoms with van der Waals surface area (Å²) in [4.78, 5) is 18.9. The van der Waals surface area contributed by atoms with Crippen LogP contribution in [0.1, 0.15) is 11.4 Å². The van der Waals surface area contributed by atoms with E-state index in [1.54, 1.807) is 18.6 Å². The predicted octanol–water partition coefficient (Wildman–Crippen LogP) is -0.00788.